The highest BCUT2D eigenvalue weighted by atomic mass is 19.4. The lowest BCUT2D eigenvalue weighted by Gasteiger charge is -2.47. The molecular formula is C54H64F6N10O8. The first-order valence-corrected chi connectivity index (χ1v) is 25.6. The van der Waals surface area contributed by atoms with Crippen molar-refractivity contribution < 1.29 is 65.2 Å². The molecule has 1 saturated carbocycles. The number of halogens is 6. The SMILES string of the molecule is COC(=O)N[C@H](C(=O)N[C@@H](Cc1ccc(C#Cc2ccc(N3CC4CCC(C3)N4C3COC3)nc2)cc1)[C@@H](O)CN(Cc1ccc(-c2ccn(C3CC3)n2)cc1)NC(=O)[C@@H](NC(=O)O)C(C)(C)C(F)(F)F)C(C)(C)C(F)(F)F. The first-order chi connectivity index (χ1) is 36.8. The first-order valence-electron chi connectivity index (χ1n) is 25.6. The molecule has 2 bridgehead atoms. The standard InChI is InChI=1S/C54H64F6N10O8/c1-51(2,53(55,56)57)45(64-50(76)77-5)47(72)62-42(24-33-9-6-32(7-10-33)8-11-34-14-21-44(61-25-34)67-27-38-19-20-39(28-67)70(38)40-30-78-31-40)43(71)29-68(66-48(73)46(63-49(74)75)52(3,4)54(58,59)60)26-35-12-15-36(16-13-35)41-22-23-69(65-41)37-17-18-37/h6-7,9-10,12-16,21-23,25,37-40,42-43,45-46,63,71H,17-20,24,26-31H2,1-5H3,(H,62,72)(H,64,76)(H,66,73)(H,74,75)/t38?,39?,42-,43-,45+,46+/m0/s1. The number of benzene rings is 2. The van der Waals surface area contributed by atoms with Gasteiger partial charge in [-0.05, 0) is 101 Å². The molecule has 0 radical (unpaired) electrons. The van der Waals surface area contributed by atoms with Crippen molar-refractivity contribution in [3.63, 3.8) is 0 Å². The normalized spacial score (nSPS) is 19.6. The monoisotopic (exact) mass is 1090 g/mol. The lowest BCUT2D eigenvalue weighted by atomic mass is 9.82. The van der Waals surface area contributed by atoms with E-state index in [-0.39, 0.29) is 13.0 Å². The Labute approximate surface area is 447 Å². The lowest BCUT2D eigenvalue weighted by Crippen LogP contribution is -2.63. The van der Waals surface area contributed by atoms with Gasteiger partial charge in [-0.1, -0.05) is 48.2 Å². The summed E-state index contributed by atoms with van der Waals surface area (Å²) in [6, 6.07) is 14.3. The Morgan fingerprint density at radius 2 is 1.33 bits per heavy atom. The van der Waals surface area contributed by atoms with E-state index in [4.69, 9.17) is 9.72 Å². The maximum atomic E-state index is 14.6. The minimum absolute atomic E-state index is 0.290. The number of rotatable bonds is 19. The number of nitrogens with one attached hydrogen (secondary N) is 4. The number of carbonyl (C=O) groups excluding carboxylic acids is 3. The molecule has 3 aliphatic heterocycles. The van der Waals surface area contributed by atoms with Crippen molar-refractivity contribution in [2.45, 2.75) is 127 Å². The van der Waals surface area contributed by atoms with Gasteiger partial charge in [0.15, 0.2) is 0 Å². The number of ether oxygens (including phenoxy) is 2. The summed E-state index contributed by atoms with van der Waals surface area (Å²) in [5.74, 6) is 4.20. The second-order valence-corrected chi connectivity index (χ2v) is 21.5. The number of piperazine rings is 1. The zero-order valence-corrected chi connectivity index (χ0v) is 43.7. The van der Waals surface area contributed by atoms with Gasteiger partial charge in [0.1, 0.15) is 17.9 Å². The van der Waals surface area contributed by atoms with Crippen LogP contribution in [0.3, 0.4) is 0 Å². The van der Waals surface area contributed by atoms with Crippen LogP contribution in [0.25, 0.3) is 11.3 Å². The van der Waals surface area contributed by atoms with E-state index in [1.807, 2.05) is 34.4 Å². The van der Waals surface area contributed by atoms with Gasteiger partial charge in [0.2, 0.25) is 5.91 Å². The molecule has 0 spiro atoms. The molecule has 4 amide bonds. The molecule has 8 rings (SSSR count). The summed E-state index contributed by atoms with van der Waals surface area (Å²) in [5.41, 5.74) is -0.145. The summed E-state index contributed by atoms with van der Waals surface area (Å²) in [7, 11) is 0.891. The third-order valence-corrected chi connectivity index (χ3v) is 15.2. The largest absolute Gasteiger partial charge is 0.465 e. The van der Waals surface area contributed by atoms with Gasteiger partial charge in [-0.25, -0.2) is 19.6 Å². The van der Waals surface area contributed by atoms with E-state index in [9.17, 15) is 55.7 Å². The molecule has 6 atom stereocenters. The molecule has 18 nitrogen and oxygen atoms in total. The number of pyridine rings is 1. The van der Waals surface area contributed by atoms with E-state index < -0.39 is 78.0 Å². The number of aliphatic hydroxyl groups is 1. The van der Waals surface area contributed by atoms with E-state index in [1.54, 1.807) is 60.0 Å². The number of methoxy groups -OCH3 is 1. The second-order valence-electron chi connectivity index (χ2n) is 21.5. The number of hydrazine groups is 1. The quantitative estimate of drug-likeness (QED) is 0.0352. The van der Waals surface area contributed by atoms with Crippen LogP contribution in [0.15, 0.2) is 79.1 Å². The fraction of sp³-hybridized carbons (Fsp3) is 0.519. The molecule has 5 heterocycles. The number of amides is 4. The van der Waals surface area contributed by atoms with Crippen molar-refractivity contribution >= 4 is 29.8 Å². The molecule has 2 unspecified atom stereocenters. The fourth-order valence-electron chi connectivity index (χ4n) is 9.97. The fourth-order valence-corrected chi connectivity index (χ4v) is 9.97. The van der Waals surface area contributed by atoms with Crippen LogP contribution in [-0.2, 0) is 32.0 Å². The smallest absolute Gasteiger partial charge is 0.407 e. The molecule has 24 heteroatoms. The molecule has 4 aromatic rings. The van der Waals surface area contributed by atoms with Crippen molar-refractivity contribution in [3.8, 4) is 23.1 Å². The lowest BCUT2D eigenvalue weighted by molar-refractivity contribution is -0.221. The van der Waals surface area contributed by atoms with E-state index in [0.29, 0.717) is 85.4 Å². The van der Waals surface area contributed by atoms with Gasteiger partial charge >= 0.3 is 24.5 Å². The van der Waals surface area contributed by atoms with Crippen LogP contribution < -0.4 is 26.3 Å². The highest BCUT2D eigenvalue weighted by Crippen LogP contribution is 2.42. The zero-order chi connectivity index (χ0) is 56.3. The Hall–Kier alpha value is -6.94. The summed E-state index contributed by atoms with van der Waals surface area (Å²) < 4.78 is 98.8. The van der Waals surface area contributed by atoms with Crippen LogP contribution in [-0.4, -0.2) is 154 Å². The molecule has 420 valence electrons. The van der Waals surface area contributed by atoms with Crippen LogP contribution >= 0.6 is 0 Å². The van der Waals surface area contributed by atoms with Crippen molar-refractivity contribution in [1.29, 1.82) is 0 Å². The minimum atomic E-state index is -5.11. The predicted octanol–water partition coefficient (Wildman–Crippen LogP) is 6.19. The molecule has 4 fully saturated rings. The Kier molecular flexibility index (Phi) is 17.0. The molecule has 2 aromatic carbocycles. The van der Waals surface area contributed by atoms with Crippen LogP contribution in [0.5, 0.6) is 0 Å². The van der Waals surface area contributed by atoms with Crippen LogP contribution in [0.1, 0.15) is 81.7 Å². The molecule has 2 aromatic heterocycles. The Balaban J connectivity index is 1.04. The van der Waals surface area contributed by atoms with Gasteiger partial charge in [-0.15, -0.1) is 0 Å². The van der Waals surface area contributed by atoms with Gasteiger partial charge in [-0.2, -0.15) is 31.4 Å². The summed E-state index contributed by atoms with van der Waals surface area (Å²) in [4.78, 5) is 61.9. The number of fused-ring (bicyclic) bond motifs is 2. The van der Waals surface area contributed by atoms with Crippen molar-refractivity contribution in [2.75, 3.05) is 44.9 Å². The maximum absolute atomic E-state index is 14.6. The Morgan fingerprint density at radius 3 is 1.87 bits per heavy atom. The van der Waals surface area contributed by atoms with Crippen LogP contribution in [0.4, 0.5) is 41.7 Å². The predicted molar refractivity (Wildman–Crippen MR) is 272 cm³/mol. The average molecular weight is 1100 g/mol. The number of aromatic nitrogens is 3. The van der Waals surface area contributed by atoms with Crippen LogP contribution in [0, 0.1) is 22.7 Å². The van der Waals surface area contributed by atoms with Crippen molar-refractivity contribution in [1.82, 2.24) is 46.0 Å². The summed E-state index contributed by atoms with van der Waals surface area (Å²) in [6.45, 7) is 4.90. The summed E-state index contributed by atoms with van der Waals surface area (Å²) in [5, 5.41) is 33.4. The summed E-state index contributed by atoms with van der Waals surface area (Å²) in [6.07, 6.45) is -7.77. The third kappa shape index (κ3) is 13.3. The molecular weight excluding hydrogens is 1030 g/mol. The topological polar surface area (TPSA) is 216 Å². The van der Waals surface area contributed by atoms with Crippen molar-refractivity contribution in [3.05, 3.63) is 101 Å². The highest BCUT2D eigenvalue weighted by Gasteiger charge is 2.57. The van der Waals surface area contributed by atoms with Gasteiger partial charge < -0.3 is 40.5 Å². The third-order valence-electron chi connectivity index (χ3n) is 15.2. The number of hydrogen-bond donors (Lipinski definition) is 6. The Bertz CT molecular complexity index is 2810. The number of alkyl halides is 6. The molecule has 78 heavy (non-hydrogen) atoms. The van der Waals surface area contributed by atoms with E-state index in [0.717, 1.165) is 69.9 Å². The maximum Gasteiger partial charge on any atom is 0.407 e. The van der Waals surface area contributed by atoms with E-state index >= 15 is 0 Å². The minimum Gasteiger partial charge on any atom is -0.465 e. The zero-order valence-electron chi connectivity index (χ0n) is 43.7. The Morgan fingerprint density at radius 1 is 0.756 bits per heavy atom. The second kappa shape index (κ2) is 23.2. The highest BCUT2D eigenvalue weighted by molar-refractivity contribution is 5.87. The van der Waals surface area contributed by atoms with Gasteiger partial charge in [0.05, 0.1) is 61.1 Å². The first kappa shape index (κ1) is 57.2. The van der Waals surface area contributed by atoms with E-state index in [2.05, 4.69) is 42.2 Å². The average Bonchev–Trinajstić information content (AvgIpc) is 4.07. The number of aliphatic hydroxyl groups excluding tert-OH is 1. The summed E-state index contributed by atoms with van der Waals surface area (Å²) >= 11 is 0. The van der Waals surface area contributed by atoms with Crippen LogP contribution in [0.2, 0.25) is 0 Å². The number of alkyl carbamates (subject to hydrolysis) is 1. The van der Waals surface area contributed by atoms with E-state index in [1.165, 1.54) is 0 Å². The molecule has 6 N–H and O–H groups in total. The number of carbonyl (C=O) groups is 4. The number of carboxylic acid groups (broad SMARTS) is 1. The van der Waals surface area contributed by atoms with Crippen molar-refractivity contribution in [2.24, 2.45) is 10.8 Å². The molecule has 3 saturated heterocycles. The molecule has 4 aliphatic rings. The number of nitrogens with zero attached hydrogens (tertiary/aromatic N) is 6. The number of anilines is 1. The van der Waals surface area contributed by atoms with Gasteiger partial charge in [-0.3, -0.25) is 24.6 Å². The van der Waals surface area contributed by atoms with Gasteiger partial charge in [0, 0.05) is 67.3 Å². The van der Waals surface area contributed by atoms with Gasteiger partial charge in [0.25, 0.3) is 5.91 Å². The number of hydrogen-bond acceptors (Lipinski definition) is 12. The molecule has 1 aliphatic carbocycles.